The van der Waals surface area contributed by atoms with Gasteiger partial charge in [-0.15, -0.1) is 11.3 Å². The van der Waals surface area contributed by atoms with Crippen molar-refractivity contribution in [3.63, 3.8) is 0 Å². The molecular weight excluding hydrogens is 376 g/mol. The van der Waals surface area contributed by atoms with Gasteiger partial charge in [-0.05, 0) is 25.0 Å². The summed E-state index contributed by atoms with van der Waals surface area (Å²) in [5, 5.41) is 1.42. The maximum Gasteiger partial charge on any atom is 0.376 e. The van der Waals surface area contributed by atoms with Gasteiger partial charge in [0.2, 0.25) is 0 Å². The second-order valence-corrected chi connectivity index (χ2v) is 7.73. The lowest BCUT2D eigenvalue weighted by molar-refractivity contribution is -0.0580. The van der Waals surface area contributed by atoms with Gasteiger partial charge >= 0.3 is 5.97 Å². The molecule has 1 saturated carbocycles. The van der Waals surface area contributed by atoms with Crippen molar-refractivity contribution in [3.8, 4) is 11.3 Å². The predicted octanol–water partition coefficient (Wildman–Crippen LogP) is 4.06. The number of carbonyl (C=O) groups is 3. The van der Waals surface area contributed by atoms with Gasteiger partial charge in [0.1, 0.15) is 4.88 Å². The third kappa shape index (κ3) is 2.71. The highest BCUT2D eigenvalue weighted by molar-refractivity contribution is 7.14. The van der Waals surface area contributed by atoms with Crippen molar-refractivity contribution < 1.29 is 19.2 Å². The van der Waals surface area contributed by atoms with Gasteiger partial charge in [-0.2, -0.15) is 0 Å². The summed E-state index contributed by atoms with van der Waals surface area (Å²) in [6.07, 6.45) is 2.10. The fourth-order valence-corrected chi connectivity index (χ4v) is 4.28. The number of amides is 2. The Labute approximate surface area is 164 Å². The molecule has 1 fully saturated rings. The molecule has 1 aliphatic carbocycles. The van der Waals surface area contributed by atoms with Crippen LogP contribution in [0.15, 0.2) is 54.6 Å². The average Bonchev–Trinajstić information content (AvgIpc) is 3.44. The van der Waals surface area contributed by atoms with Crippen LogP contribution in [0.25, 0.3) is 11.3 Å². The summed E-state index contributed by atoms with van der Waals surface area (Å²) >= 11 is 1.27. The molecule has 1 aliphatic heterocycles. The fourth-order valence-electron chi connectivity index (χ4n) is 3.15. The first-order valence-corrected chi connectivity index (χ1v) is 9.71. The molecule has 0 spiro atoms. The summed E-state index contributed by atoms with van der Waals surface area (Å²) < 4.78 is 0. The largest absolute Gasteiger partial charge is 0.376 e. The van der Waals surface area contributed by atoms with Crippen LogP contribution in [0.4, 0.5) is 0 Å². The minimum absolute atomic E-state index is 0.228. The minimum atomic E-state index is -0.752. The highest BCUT2D eigenvalue weighted by Gasteiger charge is 2.40. The van der Waals surface area contributed by atoms with Gasteiger partial charge in [0.05, 0.1) is 21.8 Å². The maximum absolute atomic E-state index is 12.9. The third-order valence-corrected chi connectivity index (χ3v) is 5.93. The number of aromatic nitrogens is 1. The molecule has 7 heteroatoms. The number of hydroxylamine groups is 2. The molecule has 0 atom stereocenters. The first-order chi connectivity index (χ1) is 13.6. The number of benzene rings is 2. The van der Waals surface area contributed by atoms with Crippen LogP contribution in [0, 0.1) is 0 Å². The molecule has 1 aromatic heterocycles. The SMILES string of the molecule is O=C(ON1C(=O)c2ccccc2C1=O)c1sc(C2CC2)nc1-c1ccccc1. The molecule has 2 aromatic carbocycles. The lowest BCUT2D eigenvalue weighted by Gasteiger charge is -2.12. The van der Waals surface area contributed by atoms with E-state index in [1.165, 1.54) is 23.5 Å². The Hall–Kier alpha value is -3.32. The Bertz CT molecular complexity index is 1080. The molecule has 138 valence electrons. The Morgan fingerprint density at radius 3 is 2.18 bits per heavy atom. The van der Waals surface area contributed by atoms with Crippen LogP contribution in [0.2, 0.25) is 0 Å². The normalized spacial score (nSPS) is 15.6. The van der Waals surface area contributed by atoms with E-state index >= 15 is 0 Å². The quantitative estimate of drug-likeness (QED) is 0.628. The Morgan fingerprint density at radius 1 is 0.964 bits per heavy atom. The van der Waals surface area contributed by atoms with Gasteiger partial charge < -0.3 is 4.84 Å². The standard InChI is InChI=1S/C21H14N2O4S/c24-19-14-8-4-5-9-15(14)20(25)23(19)27-21(26)17-16(12-6-2-1-3-7-12)22-18(28-17)13-10-11-13/h1-9,13H,10-11H2. The van der Waals surface area contributed by atoms with Crippen LogP contribution < -0.4 is 0 Å². The highest BCUT2D eigenvalue weighted by atomic mass is 32.1. The number of hydrogen-bond donors (Lipinski definition) is 0. The number of thiazole rings is 1. The number of rotatable bonds is 4. The van der Waals surface area contributed by atoms with Crippen molar-refractivity contribution in [2.24, 2.45) is 0 Å². The molecule has 2 amide bonds. The molecule has 5 rings (SSSR count). The van der Waals surface area contributed by atoms with E-state index in [4.69, 9.17) is 4.84 Å². The molecule has 0 N–H and O–H groups in total. The molecule has 0 radical (unpaired) electrons. The second-order valence-electron chi connectivity index (χ2n) is 6.70. The molecule has 0 unspecified atom stereocenters. The van der Waals surface area contributed by atoms with Gasteiger partial charge in [0, 0.05) is 11.5 Å². The van der Waals surface area contributed by atoms with Crippen LogP contribution in [0.5, 0.6) is 0 Å². The Morgan fingerprint density at radius 2 is 1.57 bits per heavy atom. The molecule has 0 bridgehead atoms. The summed E-state index contributed by atoms with van der Waals surface area (Å²) in [6, 6.07) is 15.7. The molecule has 3 aromatic rings. The fraction of sp³-hybridized carbons (Fsp3) is 0.143. The predicted molar refractivity (Wildman–Crippen MR) is 102 cm³/mol. The van der Waals surface area contributed by atoms with Crippen molar-refractivity contribution in [1.29, 1.82) is 0 Å². The summed E-state index contributed by atoms with van der Waals surface area (Å²) in [7, 11) is 0. The van der Waals surface area contributed by atoms with Gasteiger partial charge in [-0.3, -0.25) is 9.59 Å². The second kappa shape index (κ2) is 6.38. The number of hydrogen-bond acceptors (Lipinski definition) is 6. The minimum Gasteiger partial charge on any atom is -0.323 e. The molecule has 2 aliphatic rings. The van der Waals surface area contributed by atoms with Crippen LogP contribution in [0.3, 0.4) is 0 Å². The number of carbonyl (C=O) groups excluding carboxylic acids is 3. The lowest BCUT2D eigenvalue weighted by Crippen LogP contribution is -2.32. The number of imide groups is 1. The first kappa shape index (κ1) is 16.8. The van der Waals surface area contributed by atoms with Gasteiger partial charge in [0.25, 0.3) is 11.8 Å². The lowest BCUT2D eigenvalue weighted by atomic mass is 10.1. The summed E-state index contributed by atoms with van der Waals surface area (Å²) in [6.45, 7) is 0. The maximum atomic E-state index is 12.9. The number of nitrogens with zero attached hydrogens (tertiary/aromatic N) is 2. The Kier molecular flexibility index (Phi) is 3.84. The zero-order valence-corrected chi connectivity index (χ0v) is 15.4. The van der Waals surface area contributed by atoms with Gasteiger partial charge in [-0.1, -0.05) is 47.5 Å². The average molecular weight is 390 g/mol. The van der Waals surface area contributed by atoms with Crippen molar-refractivity contribution in [3.05, 3.63) is 75.6 Å². The molecular formula is C21H14N2O4S. The van der Waals surface area contributed by atoms with E-state index in [0.29, 0.717) is 21.6 Å². The Balaban J connectivity index is 1.48. The summed E-state index contributed by atoms with van der Waals surface area (Å²) in [5.41, 5.74) is 1.77. The zero-order chi connectivity index (χ0) is 19.3. The third-order valence-electron chi connectivity index (χ3n) is 4.73. The first-order valence-electron chi connectivity index (χ1n) is 8.89. The van der Waals surface area contributed by atoms with E-state index in [1.807, 2.05) is 30.3 Å². The summed E-state index contributed by atoms with van der Waals surface area (Å²) in [5.74, 6) is -1.66. The van der Waals surface area contributed by atoms with Crippen molar-refractivity contribution >= 4 is 29.1 Å². The van der Waals surface area contributed by atoms with Crippen molar-refractivity contribution in [1.82, 2.24) is 10.0 Å². The smallest absolute Gasteiger partial charge is 0.323 e. The van der Waals surface area contributed by atoms with Crippen molar-refractivity contribution in [2.75, 3.05) is 0 Å². The van der Waals surface area contributed by atoms with E-state index in [1.54, 1.807) is 12.1 Å². The van der Waals surface area contributed by atoms with Gasteiger partial charge in [-0.25, -0.2) is 9.78 Å². The molecule has 28 heavy (non-hydrogen) atoms. The van der Waals surface area contributed by atoms with Crippen molar-refractivity contribution in [2.45, 2.75) is 18.8 Å². The van der Waals surface area contributed by atoms with E-state index in [9.17, 15) is 14.4 Å². The van der Waals surface area contributed by atoms with Gasteiger partial charge in [0.15, 0.2) is 0 Å². The number of fused-ring (bicyclic) bond motifs is 1. The molecule has 2 heterocycles. The van der Waals surface area contributed by atoms with Crippen LogP contribution in [0.1, 0.15) is 54.2 Å². The monoisotopic (exact) mass is 390 g/mol. The van der Waals surface area contributed by atoms with Crippen LogP contribution >= 0.6 is 11.3 Å². The molecule has 0 saturated heterocycles. The zero-order valence-electron chi connectivity index (χ0n) is 14.6. The van der Waals surface area contributed by atoms with E-state index in [0.717, 1.165) is 23.4 Å². The van der Waals surface area contributed by atoms with E-state index < -0.39 is 17.8 Å². The summed E-state index contributed by atoms with van der Waals surface area (Å²) in [4.78, 5) is 48.0. The topological polar surface area (TPSA) is 76.6 Å². The van der Waals surface area contributed by atoms with Crippen LogP contribution in [-0.2, 0) is 4.84 Å². The van der Waals surface area contributed by atoms with E-state index in [2.05, 4.69) is 4.98 Å². The van der Waals surface area contributed by atoms with E-state index in [-0.39, 0.29) is 11.1 Å². The molecule has 6 nitrogen and oxygen atoms in total. The van der Waals surface area contributed by atoms with Crippen LogP contribution in [-0.4, -0.2) is 27.8 Å². The highest BCUT2D eigenvalue weighted by Crippen LogP contribution is 2.44.